The van der Waals surface area contributed by atoms with Crippen molar-refractivity contribution in [1.82, 2.24) is 5.16 Å². The average Bonchev–Trinajstić information content (AvgIpc) is 3.29. The molecule has 1 aliphatic heterocycles. The molecule has 0 amide bonds. The highest BCUT2D eigenvalue weighted by Gasteiger charge is 2.24. The Morgan fingerprint density at radius 3 is 2.67 bits per heavy atom. The fourth-order valence-corrected chi connectivity index (χ4v) is 2.80. The van der Waals surface area contributed by atoms with Crippen molar-refractivity contribution in [3.63, 3.8) is 0 Å². The van der Waals surface area contributed by atoms with Crippen LogP contribution in [0.1, 0.15) is 22.5 Å². The first-order valence-corrected chi connectivity index (χ1v) is 8.99. The van der Waals surface area contributed by atoms with Gasteiger partial charge in [-0.3, -0.25) is 4.63 Å². The number of aliphatic imine (C=N–C) groups is 1. The minimum absolute atomic E-state index is 0.0350. The highest BCUT2D eigenvalue weighted by molar-refractivity contribution is 6.12. The smallest absolute Gasteiger partial charge is 0.363 e. The molecule has 0 N–H and O–H groups in total. The number of benzene rings is 2. The van der Waals surface area contributed by atoms with Crippen LogP contribution in [0.25, 0.3) is 6.08 Å². The molecule has 0 unspecified atom stereocenters. The Bertz CT molecular complexity index is 1130. The average molecular weight is 407 g/mol. The van der Waals surface area contributed by atoms with Crippen molar-refractivity contribution in [1.29, 1.82) is 0 Å². The lowest BCUT2D eigenvalue weighted by Crippen LogP contribution is -2.29. The Morgan fingerprint density at radius 2 is 1.97 bits per heavy atom. The normalized spacial score (nSPS) is 14.5. The van der Waals surface area contributed by atoms with Crippen molar-refractivity contribution < 1.29 is 28.5 Å². The summed E-state index contributed by atoms with van der Waals surface area (Å²) in [5, 5.41) is 15.1. The predicted octanol–water partition coefficient (Wildman–Crippen LogP) is 2.55. The number of ether oxygens (including phenoxy) is 3. The van der Waals surface area contributed by atoms with Crippen molar-refractivity contribution in [2.45, 2.75) is 13.5 Å². The van der Waals surface area contributed by atoms with Crippen molar-refractivity contribution in [3.8, 4) is 11.5 Å². The molecule has 1 aromatic heterocycles. The van der Waals surface area contributed by atoms with Gasteiger partial charge in [0.15, 0.2) is 23.8 Å². The number of carbonyl (C=O) groups is 1. The van der Waals surface area contributed by atoms with Crippen molar-refractivity contribution in [3.05, 3.63) is 81.9 Å². The number of methoxy groups -OCH3 is 1. The van der Waals surface area contributed by atoms with E-state index in [2.05, 4.69) is 14.8 Å². The summed E-state index contributed by atoms with van der Waals surface area (Å²) < 4.78 is 20.8. The van der Waals surface area contributed by atoms with E-state index in [4.69, 9.17) is 14.2 Å². The van der Waals surface area contributed by atoms with E-state index in [9.17, 15) is 10.0 Å². The number of aromatic nitrogens is 2. The third kappa shape index (κ3) is 3.86. The van der Waals surface area contributed by atoms with Crippen LogP contribution in [0.2, 0.25) is 0 Å². The summed E-state index contributed by atoms with van der Waals surface area (Å²) >= 11 is 0. The Morgan fingerprint density at radius 1 is 1.17 bits per heavy atom. The van der Waals surface area contributed by atoms with Crippen molar-refractivity contribution in [2.24, 2.45) is 4.99 Å². The van der Waals surface area contributed by atoms with E-state index in [0.29, 0.717) is 27.7 Å². The van der Waals surface area contributed by atoms with Crippen LogP contribution in [0, 0.1) is 12.1 Å². The van der Waals surface area contributed by atoms with Gasteiger partial charge in [-0.25, -0.2) is 9.79 Å². The molecule has 9 heteroatoms. The molecule has 9 nitrogen and oxygen atoms in total. The summed E-state index contributed by atoms with van der Waals surface area (Å²) in [6.45, 7) is 1.61. The molecule has 0 bridgehead atoms. The van der Waals surface area contributed by atoms with Gasteiger partial charge in [-0.2, -0.15) is 0 Å². The molecule has 0 atom stereocenters. The predicted molar refractivity (Wildman–Crippen MR) is 105 cm³/mol. The molecule has 2 aromatic carbocycles. The van der Waals surface area contributed by atoms with Gasteiger partial charge in [-0.1, -0.05) is 24.3 Å². The van der Waals surface area contributed by atoms with Gasteiger partial charge in [0.25, 0.3) is 0 Å². The third-order valence-corrected chi connectivity index (χ3v) is 4.39. The summed E-state index contributed by atoms with van der Waals surface area (Å²) in [6.07, 6.45) is 1.60. The number of cyclic esters (lactones) is 1. The number of carbonyl (C=O) groups excluding carboxylic acids is 1. The van der Waals surface area contributed by atoms with Crippen LogP contribution in [0.3, 0.4) is 0 Å². The van der Waals surface area contributed by atoms with Gasteiger partial charge in [0.1, 0.15) is 0 Å². The molecule has 0 fully saturated rings. The van der Waals surface area contributed by atoms with Crippen LogP contribution in [0.5, 0.6) is 11.5 Å². The summed E-state index contributed by atoms with van der Waals surface area (Å²) in [5.41, 5.74) is 2.27. The standard InChI is InChI=1S/C21H17N3O6/c1-13-17(24(26)30-23-13)12-28-18-9-8-14(11-19(18)27-2)10-16-21(25)29-20(22-16)15-6-4-3-5-7-15/h3-11H,12H2,1-2H3/b16-10+. The highest BCUT2D eigenvalue weighted by Crippen LogP contribution is 2.30. The third-order valence-electron chi connectivity index (χ3n) is 4.39. The van der Waals surface area contributed by atoms with Crippen LogP contribution in [0.4, 0.5) is 0 Å². The molecule has 3 aromatic rings. The molecule has 0 aliphatic carbocycles. The fraction of sp³-hybridized carbons (Fsp3) is 0.143. The highest BCUT2D eigenvalue weighted by atomic mass is 16.8. The first-order valence-electron chi connectivity index (χ1n) is 8.99. The second-order valence-corrected chi connectivity index (χ2v) is 6.36. The second-order valence-electron chi connectivity index (χ2n) is 6.36. The lowest BCUT2D eigenvalue weighted by Gasteiger charge is -2.10. The number of nitrogens with zero attached hydrogens (tertiary/aromatic N) is 3. The van der Waals surface area contributed by atoms with Crippen molar-refractivity contribution in [2.75, 3.05) is 7.11 Å². The van der Waals surface area contributed by atoms with Crippen LogP contribution in [-0.4, -0.2) is 24.1 Å². The molecule has 152 valence electrons. The number of hydrogen-bond donors (Lipinski definition) is 0. The SMILES string of the molecule is COc1cc(/C=C2/N=C(c3ccccc3)OC2=O)ccc1OCc1c(C)no[n+]1[O-]. The number of rotatable bonds is 6. The molecule has 1 aliphatic rings. The fourth-order valence-electron chi connectivity index (χ4n) is 2.80. The molecule has 0 spiro atoms. The van der Waals surface area contributed by atoms with Gasteiger partial charge in [0.2, 0.25) is 17.3 Å². The minimum Gasteiger partial charge on any atom is -0.493 e. The van der Waals surface area contributed by atoms with E-state index >= 15 is 0 Å². The first kappa shape index (κ1) is 19.2. The van der Waals surface area contributed by atoms with E-state index in [-0.39, 0.29) is 23.9 Å². The number of aryl methyl sites for hydroxylation is 1. The zero-order valence-corrected chi connectivity index (χ0v) is 16.2. The maximum atomic E-state index is 12.2. The molecule has 4 rings (SSSR count). The van der Waals surface area contributed by atoms with Gasteiger partial charge >= 0.3 is 5.97 Å². The van der Waals surface area contributed by atoms with Gasteiger partial charge < -0.3 is 19.4 Å². The Hall–Kier alpha value is -4.14. The Kier molecular flexibility index (Phi) is 5.17. The first-order chi connectivity index (χ1) is 14.5. The van der Waals surface area contributed by atoms with Crippen LogP contribution in [-0.2, 0) is 16.1 Å². The molecular weight excluding hydrogens is 390 g/mol. The van der Waals surface area contributed by atoms with E-state index in [1.54, 1.807) is 31.2 Å². The Balaban J connectivity index is 1.55. The molecule has 0 saturated heterocycles. The summed E-state index contributed by atoms with van der Waals surface area (Å²) in [7, 11) is 1.49. The van der Waals surface area contributed by atoms with Crippen LogP contribution >= 0.6 is 0 Å². The number of hydrogen-bond acceptors (Lipinski definition) is 8. The Labute approximate surface area is 171 Å². The lowest BCUT2D eigenvalue weighted by molar-refractivity contribution is -0.808. The van der Waals surface area contributed by atoms with Crippen LogP contribution < -0.4 is 14.4 Å². The molecule has 0 radical (unpaired) electrons. The quantitative estimate of drug-likeness (QED) is 0.351. The maximum absolute atomic E-state index is 12.2. The van der Waals surface area contributed by atoms with Gasteiger partial charge in [0.05, 0.1) is 7.11 Å². The van der Waals surface area contributed by atoms with Gasteiger partial charge in [-0.15, -0.1) is 0 Å². The lowest BCUT2D eigenvalue weighted by atomic mass is 10.1. The second kappa shape index (κ2) is 8.08. The van der Waals surface area contributed by atoms with E-state index in [0.717, 1.165) is 5.56 Å². The van der Waals surface area contributed by atoms with Crippen LogP contribution in [0.15, 0.2) is 63.8 Å². The zero-order valence-electron chi connectivity index (χ0n) is 16.2. The maximum Gasteiger partial charge on any atom is 0.363 e. The summed E-state index contributed by atoms with van der Waals surface area (Å²) in [5.74, 6) is 0.571. The largest absolute Gasteiger partial charge is 0.493 e. The molecule has 0 saturated carbocycles. The van der Waals surface area contributed by atoms with E-state index in [1.165, 1.54) is 7.11 Å². The molecule has 30 heavy (non-hydrogen) atoms. The molecule has 2 heterocycles. The van der Waals surface area contributed by atoms with Crippen molar-refractivity contribution >= 4 is 17.9 Å². The summed E-state index contributed by atoms with van der Waals surface area (Å²) in [4.78, 5) is 16.8. The monoisotopic (exact) mass is 407 g/mol. The number of esters is 1. The summed E-state index contributed by atoms with van der Waals surface area (Å²) in [6, 6.07) is 14.3. The van der Waals surface area contributed by atoms with Gasteiger partial charge in [0, 0.05) is 17.6 Å². The topological polar surface area (TPSA) is 110 Å². The molecular formula is C21H17N3O6. The van der Waals surface area contributed by atoms with E-state index in [1.807, 2.05) is 30.3 Å². The van der Waals surface area contributed by atoms with Gasteiger partial charge in [-0.05, 0) is 40.8 Å². The minimum atomic E-state index is -0.531. The zero-order chi connectivity index (χ0) is 21.1. The van der Waals surface area contributed by atoms with E-state index < -0.39 is 5.97 Å².